The number of carbonyl (C=O) groups is 2. The molecule has 0 aliphatic heterocycles. The van der Waals surface area contributed by atoms with Crippen LogP contribution in [0.1, 0.15) is 31.9 Å². The van der Waals surface area contributed by atoms with Crippen LogP contribution in [0.25, 0.3) is 11.1 Å². The molecule has 0 unspecified atom stereocenters. The first-order chi connectivity index (χ1) is 16.7. The molecule has 0 saturated heterocycles. The average molecular weight is 540 g/mol. The number of rotatable bonds is 5. The van der Waals surface area contributed by atoms with E-state index in [1.807, 2.05) is 12.1 Å². The topological polar surface area (TPSA) is 66.8 Å². The van der Waals surface area contributed by atoms with Crippen LogP contribution in [0.15, 0.2) is 60.7 Å². The molecule has 0 aliphatic carbocycles. The minimum atomic E-state index is -4.82. The Hall–Kier alpha value is -3.23. The van der Waals surface area contributed by atoms with Crippen molar-refractivity contribution in [2.45, 2.75) is 39.1 Å². The van der Waals surface area contributed by atoms with Crippen LogP contribution in [0, 0.1) is 0 Å². The van der Waals surface area contributed by atoms with Crippen molar-refractivity contribution in [2.75, 3.05) is 4.90 Å². The third-order valence-electron chi connectivity index (χ3n) is 5.30. The molecule has 0 bridgehead atoms. The van der Waals surface area contributed by atoms with E-state index < -0.39 is 24.0 Å². The Kier molecular flexibility index (Phi) is 7.91. The molecule has 3 rings (SSSR count). The normalized spacial score (nSPS) is 11.8. The number of ether oxygens (including phenoxy) is 1. The van der Waals surface area contributed by atoms with Crippen molar-refractivity contribution < 1.29 is 32.6 Å². The zero-order valence-electron chi connectivity index (χ0n) is 19.5. The first-order valence-electron chi connectivity index (χ1n) is 10.6. The molecule has 0 aliphatic rings. The summed E-state index contributed by atoms with van der Waals surface area (Å²) < 4.78 is 41.1. The highest BCUT2D eigenvalue weighted by atomic mass is 35.5. The predicted molar refractivity (Wildman–Crippen MR) is 133 cm³/mol. The zero-order chi connectivity index (χ0) is 26.8. The van der Waals surface area contributed by atoms with Crippen LogP contribution in [0.3, 0.4) is 0 Å². The van der Waals surface area contributed by atoms with Gasteiger partial charge in [0.15, 0.2) is 0 Å². The van der Waals surface area contributed by atoms with Gasteiger partial charge in [0.1, 0.15) is 5.75 Å². The molecule has 1 amide bonds. The fourth-order valence-electron chi connectivity index (χ4n) is 3.50. The van der Waals surface area contributed by atoms with Gasteiger partial charge in [-0.2, -0.15) is 0 Å². The van der Waals surface area contributed by atoms with Crippen LogP contribution in [-0.4, -0.2) is 23.3 Å². The van der Waals surface area contributed by atoms with Gasteiger partial charge in [-0.1, -0.05) is 80.4 Å². The Bertz CT molecular complexity index is 1250. The van der Waals surface area contributed by atoms with Gasteiger partial charge >= 0.3 is 18.2 Å². The molecule has 5 nitrogen and oxygen atoms in total. The van der Waals surface area contributed by atoms with Crippen LogP contribution >= 0.6 is 23.2 Å². The SMILES string of the molecule is CC(C)(C)c1ccc(CN(C(=O)C(=O)O)c2c(Cl)cc(-c3ccc(OC(F)(F)F)cc3)cc2Cl)cc1. The highest BCUT2D eigenvalue weighted by Crippen LogP contribution is 2.39. The number of amides is 1. The van der Waals surface area contributed by atoms with Gasteiger partial charge in [-0.25, -0.2) is 4.79 Å². The van der Waals surface area contributed by atoms with Crippen LogP contribution in [0.4, 0.5) is 18.9 Å². The third-order valence-corrected chi connectivity index (χ3v) is 5.87. The smallest absolute Gasteiger partial charge is 0.474 e. The number of nitrogens with zero attached hydrogens (tertiary/aromatic N) is 1. The molecule has 0 fully saturated rings. The van der Waals surface area contributed by atoms with Gasteiger partial charge in [-0.3, -0.25) is 9.69 Å². The molecule has 3 aromatic carbocycles. The Morgan fingerprint density at radius 3 is 1.86 bits per heavy atom. The van der Waals surface area contributed by atoms with Gasteiger partial charge < -0.3 is 9.84 Å². The molecule has 1 N–H and O–H groups in total. The molecular weight excluding hydrogens is 518 g/mol. The van der Waals surface area contributed by atoms with Gasteiger partial charge in [0, 0.05) is 0 Å². The largest absolute Gasteiger partial charge is 0.573 e. The molecule has 0 saturated carbocycles. The Morgan fingerprint density at radius 2 is 1.42 bits per heavy atom. The highest BCUT2D eigenvalue weighted by molar-refractivity contribution is 6.44. The van der Waals surface area contributed by atoms with E-state index in [1.54, 1.807) is 12.1 Å². The monoisotopic (exact) mass is 539 g/mol. The van der Waals surface area contributed by atoms with Crippen molar-refractivity contribution >= 4 is 40.8 Å². The maximum Gasteiger partial charge on any atom is 0.573 e. The molecule has 36 heavy (non-hydrogen) atoms. The summed E-state index contributed by atoms with van der Waals surface area (Å²) in [7, 11) is 0. The van der Waals surface area contributed by atoms with Crippen molar-refractivity contribution in [2.24, 2.45) is 0 Å². The molecule has 0 atom stereocenters. The van der Waals surface area contributed by atoms with Gasteiger partial charge in [0.2, 0.25) is 0 Å². The summed E-state index contributed by atoms with van der Waals surface area (Å²) in [5.41, 5.74) is 2.57. The van der Waals surface area contributed by atoms with Crippen molar-refractivity contribution in [1.82, 2.24) is 0 Å². The van der Waals surface area contributed by atoms with Gasteiger partial charge in [-0.15, -0.1) is 13.2 Å². The van der Waals surface area contributed by atoms with Crippen molar-refractivity contribution in [3.63, 3.8) is 0 Å². The van der Waals surface area contributed by atoms with Crippen LogP contribution in [0.2, 0.25) is 10.0 Å². The van der Waals surface area contributed by atoms with Crippen LogP contribution < -0.4 is 9.64 Å². The first-order valence-corrected chi connectivity index (χ1v) is 11.4. The lowest BCUT2D eigenvalue weighted by molar-refractivity contribution is -0.274. The average Bonchev–Trinajstić information content (AvgIpc) is 2.76. The third kappa shape index (κ3) is 6.71. The quantitative estimate of drug-likeness (QED) is 0.341. The number of hydrogen-bond acceptors (Lipinski definition) is 3. The number of carboxylic acid groups (broad SMARTS) is 1. The van der Waals surface area contributed by atoms with E-state index in [9.17, 15) is 27.9 Å². The summed E-state index contributed by atoms with van der Waals surface area (Å²) in [5.74, 6) is -3.30. The van der Waals surface area contributed by atoms with Gasteiger partial charge in [0.25, 0.3) is 0 Å². The second-order valence-corrected chi connectivity index (χ2v) is 9.82. The fourth-order valence-corrected chi connectivity index (χ4v) is 4.19. The summed E-state index contributed by atoms with van der Waals surface area (Å²) >= 11 is 12.9. The predicted octanol–water partition coefficient (Wildman–Crippen LogP) is 7.47. The number of benzene rings is 3. The van der Waals surface area contributed by atoms with E-state index >= 15 is 0 Å². The molecule has 10 heteroatoms. The van der Waals surface area contributed by atoms with Crippen LogP contribution in [-0.2, 0) is 21.5 Å². The van der Waals surface area contributed by atoms with E-state index in [-0.39, 0.29) is 27.7 Å². The number of carboxylic acids is 1. The van der Waals surface area contributed by atoms with Crippen molar-refractivity contribution in [3.05, 3.63) is 81.8 Å². The summed E-state index contributed by atoms with van der Waals surface area (Å²) in [6.07, 6.45) is -4.82. The second kappa shape index (κ2) is 10.4. The number of halogens is 5. The number of hydrogen-bond donors (Lipinski definition) is 1. The van der Waals surface area contributed by atoms with E-state index in [0.717, 1.165) is 22.6 Å². The van der Waals surface area contributed by atoms with Crippen LogP contribution in [0.5, 0.6) is 5.75 Å². The van der Waals surface area contributed by atoms with E-state index in [4.69, 9.17) is 23.2 Å². The highest BCUT2D eigenvalue weighted by Gasteiger charge is 2.31. The second-order valence-electron chi connectivity index (χ2n) is 9.00. The van der Waals surface area contributed by atoms with E-state index in [0.29, 0.717) is 16.7 Å². The fraction of sp³-hybridized carbons (Fsp3) is 0.231. The molecular formula is C26H22Cl2F3NO4. The molecule has 0 heterocycles. The van der Waals surface area contributed by atoms with Crippen molar-refractivity contribution in [1.29, 1.82) is 0 Å². The molecule has 190 valence electrons. The Balaban J connectivity index is 1.96. The number of alkyl halides is 3. The Labute approximate surface area is 216 Å². The zero-order valence-corrected chi connectivity index (χ0v) is 21.0. The minimum Gasteiger partial charge on any atom is -0.474 e. The molecule has 3 aromatic rings. The summed E-state index contributed by atoms with van der Waals surface area (Å²) in [6, 6.07) is 15.3. The molecule has 0 spiro atoms. The Morgan fingerprint density at radius 1 is 0.889 bits per heavy atom. The number of carbonyl (C=O) groups excluding carboxylic acids is 1. The van der Waals surface area contributed by atoms with E-state index in [2.05, 4.69) is 25.5 Å². The van der Waals surface area contributed by atoms with Crippen molar-refractivity contribution in [3.8, 4) is 16.9 Å². The van der Waals surface area contributed by atoms with E-state index in [1.165, 1.54) is 24.3 Å². The minimum absolute atomic E-state index is 0.00553. The maximum atomic E-state index is 12.6. The standard InChI is InChI=1S/C26H22Cl2F3NO4/c1-25(2,3)18-8-4-15(5-9-18)14-32(23(33)24(34)35)22-20(27)12-17(13-21(22)28)16-6-10-19(11-7-16)36-26(29,30)31/h4-13H,14H2,1-3H3,(H,34,35). The number of aliphatic carboxylic acids is 1. The lowest BCUT2D eigenvalue weighted by Crippen LogP contribution is -2.36. The van der Waals surface area contributed by atoms with Gasteiger partial charge in [-0.05, 0) is 51.9 Å². The summed E-state index contributed by atoms with van der Waals surface area (Å²) in [6.45, 7) is 6.07. The summed E-state index contributed by atoms with van der Waals surface area (Å²) in [5, 5.41) is 9.38. The molecule has 0 aromatic heterocycles. The first kappa shape index (κ1) is 27.4. The summed E-state index contributed by atoms with van der Waals surface area (Å²) in [4.78, 5) is 25.1. The number of anilines is 1. The molecule has 0 radical (unpaired) electrons. The maximum absolute atomic E-state index is 12.6. The lowest BCUT2D eigenvalue weighted by atomic mass is 9.87. The lowest BCUT2D eigenvalue weighted by Gasteiger charge is -2.25. The van der Waals surface area contributed by atoms with Gasteiger partial charge in [0.05, 0.1) is 22.3 Å².